The molecule has 7 nitrogen and oxygen atoms in total. The van der Waals surface area contributed by atoms with Crippen LogP contribution in [0.1, 0.15) is 35.9 Å². The Morgan fingerprint density at radius 2 is 2.03 bits per heavy atom. The molecule has 0 saturated heterocycles. The van der Waals surface area contributed by atoms with Crippen LogP contribution >= 0.6 is 11.3 Å². The largest absolute Gasteiger partial charge is 0.491 e. The van der Waals surface area contributed by atoms with E-state index in [1.807, 2.05) is 54.8 Å². The molecule has 0 fully saturated rings. The van der Waals surface area contributed by atoms with Crippen LogP contribution in [-0.4, -0.2) is 86.1 Å². The van der Waals surface area contributed by atoms with Crippen LogP contribution < -0.4 is 4.74 Å². The molecule has 1 amide bonds. The van der Waals surface area contributed by atoms with Gasteiger partial charge in [-0.3, -0.25) is 9.69 Å². The molecule has 0 radical (unpaired) electrons. The van der Waals surface area contributed by atoms with Crippen molar-refractivity contribution in [3.05, 3.63) is 51.7 Å². The van der Waals surface area contributed by atoms with E-state index in [4.69, 9.17) is 14.2 Å². The van der Waals surface area contributed by atoms with E-state index in [0.717, 1.165) is 12.2 Å². The average molecular weight is 491 g/mol. The number of benzene rings is 1. The van der Waals surface area contributed by atoms with Crippen LogP contribution in [0.2, 0.25) is 0 Å². The molecular formula is C26H38N2O5S. The van der Waals surface area contributed by atoms with Crippen LogP contribution in [0, 0.1) is 6.92 Å². The van der Waals surface area contributed by atoms with Crippen LogP contribution in [0.3, 0.4) is 0 Å². The molecule has 2 aromatic rings. The van der Waals surface area contributed by atoms with Crippen LogP contribution in [0.25, 0.3) is 0 Å². The number of hydrogen-bond donors (Lipinski definition) is 1. The van der Waals surface area contributed by atoms with Crippen molar-refractivity contribution < 1.29 is 24.1 Å². The Balaban J connectivity index is 1.68. The minimum absolute atomic E-state index is 0.0300. The van der Waals surface area contributed by atoms with E-state index in [-0.39, 0.29) is 31.2 Å². The van der Waals surface area contributed by atoms with Gasteiger partial charge in [-0.1, -0.05) is 17.7 Å². The molecular weight excluding hydrogens is 452 g/mol. The first-order valence-electron chi connectivity index (χ1n) is 11.9. The average Bonchev–Trinajstić information content (AvgIpc) is 3.29. The van der Waals surface area contributed by atoms with Gasteiger partial charge in [0.25, 0.3) is 0 Å². The minimum atomic E-state index is -0.669. The molecule has 1 N–H and O–H groups in total. The number of aliphatic hydroxyl groups excluding tert-OH is 1. The lowest BCUT2D eigenvalue weighted by molar-refractivity contribution is -0.136. The van der Waals surface area contributed by atoms with Crippen molar-refractivity contribution in [1.82, 2.24) is 9.80 Å². The molecule has 0 spiro atoms. The minimum Gasteiger partial charge on any atom is -0.491 e. The SMILES string of the molecule is COCCN(CC(=O)N1CCc2sccc2[C@H]1COc1ccc(C)cc1)C[C@H](O)COC(C)C. The number of aliphatic hydroxyl groups is 1. The van der Waals surface area contributed by atoms with Crippen LogP contribution in [0.4, 0.5) is 0 Å². The molecule has 3 rings (SSSR count). The van der Waals surface area contributed by atoms with Crippen LogP contribution in [0.5, 0.6) is 5.75 Å². The van der Waals surface area contributed by atoms with Gasteiger partial charge in [0.05, 0.1) is 38.0 Å². The highest BCUT2D eigenvalue weighted by Gasteiger charge is 2.33. The van der Waals surface area contributed by atoms with Crippen molar-refractivity contribution in [3.8, 4) is 5.75 Å². The number of thiophene rings is 1. The number of ether oxygens (including phenoxy) is 3. The second kappa shape index (κ2) is 13.2. The van der Waals surface area contributed by atoms with Gasteiger partial charge in [-0.15, -0.1) is 11.3 Å². The number of carbonyl (C=O) groups is 1. The third-order valence-corrected chi connectivity index (χ3v) is 6.90. The van der Waals surface area contributed by atoms with E-state index < -0.39 is 6.10 Å². The second-order valence-electron chi connectivity index (χ2n) is 9.04. The first-order chi connectivity index (χ1) is 16.4. The highest BCUT2D eigenvalue weighted by molar-refractivity contribution is 7.10. The molecule has 8 heteroatoms. The molecule has 1 aromatic heterocycles. The molecule has 0 saturated carbocycles. The maximum Gasteiger partial charge on any atom is 0.237 e. The molecule has 0 aliphatic carbocycles. The summed E-state index contributed by atoms with van der Waals surface area (Å²) in [7, 11) is 1.64. The Morgan fingerprint density at radius 3 is 2.74 bits per heavy atom. The normalized spacial score (nSPS) is 16.7. The fourth-order valence-corrected chi connectivity index (χ4v) is 5.00. The predicted molar refractivity (Wildman–Crippen MR) is 135 cm³/mol. The molecule has 1 aliphatic heterocycles. The second-order valence-corrected chi connectivity index (χ2v) is 10.0. The van der Waals surface area contributed by atoms with E-state index in [2.05, 4.69) is 11.4 Å². The number of rotatable bonds is 13. The smallest absolute Gasteiger partial charge is 0.237 e. The molecule has 0 bridgehead atoms. The predicted octanol–water partition coefficient (Wildman–Crippen LogP) is 3.30. The standard InChI is InChI=1S/C26H38N2O5S/c1-19(2)32-17-21(29)15-27(12-13-31-4)16-26(30)28-11-9-25-23(10-14-34-25)24(28)18-33-22-7-5-20(3)6-8-22/h5-8,10,14,19,21,24,29H,9,11-13,15-18H2,1-4H3/t21-,24+/m0/s1. The molecule has 2 heterocycles. The first-order valence-corrected chi connectivity index (χ1v) is 12.8. The maximum atomic E-state index is 13.5. The highest BCUT2D eigenvalue weighted by atomic mass is 32.1. The summed E-state index contributed by atoms with van der Waals surface area (Å²) in [6.07, 6.45) is 0.228. The fraction of sp³-hybridized carbons (Fsp3) is 0.577. The Kier molecular flexibility index (Phi) is 10.3. The number of amides is 1. The summed E-state index contributed by atoms with van der Waals surface area (Å²) in [6, 6.07) is 9.95. The summed E-state index contributed by atoms with van der Waals surface area (Å²) in [5, 5.41) is 12.5. The lowest BCUT2D eigenvalue weighted by atomic mass is 10.0. The Labute approximate surface area is 207 Å². The summed E-state index contributed by atoms with van der Waals surface area (Å²) >= 11 is 1.74. The van der Waals surface area contributed by atoms with Gasteiger partial charge < -0.3 is 24.2 Å². The maximum absolute atomic E-state index is 13.5. The van der Waals surface area contributed by atoms with E-state index in [9.17, 15) is 9.90 Å². The van der Waals surface area contributed by atoms with E-state index in [0.29, 0.717) is 32.8 Å². The summed E-state index contributed by atoms with van der Waals surface area (Å²) in [5.41, 5.74) is 2.35. The molecule has 188 valence electrons. The lowest BCUT2D eigenvalue weighted by Gasteiger charge is -2.37. The van der Waals surface area contributed by atoms with Crippen LogP contribution in [-0.2, 0) is 20.7 Å². The monoisotopic (exact) mass is 490 g/mol. The highest BCUT2D eigenvalue weighted by Crippen LogP contribution is 2.34. The van der Waals surface area contributed by atoms with Gasteiger partial charge in [-0.05, 0) is 56.3 Å². The van der Waals surface area contributed by atoms with Gasteiger partial charge in [0, 0.05) is 31.6 Å². The quantitative estimate of drug-likeness (QED) is 0.465. The van der Waals surface area contributed by atoms with E-state index in [1.54, 1.807) is 18.4 Å². The molecule has 34 heavy (non-hydrogen) atoms. The Morgan fingerprint density at radius 1 is 1.26 bits per heavy atom. The van der Waals surface area contributed by atoms with Crippen LogP contribution in [0.15, 0.2) is 35.7 Å². The summed E-state index contributed by atoms with van der Waals surface area (Å²) in [4.78, 5) is 18.7. The zero-order valence-electron chi connectivity index (χ0n) is 20.7. The molecule has 1 aliphatic rings. The zero-order chi connectivity index (χ0) is 24.5. The Hall–Kier alpha value is -1.97. The van der Waals surface area contributed by atoms with Gasteiger partial charge in [0.15, 0.2) is 0 Å². The number of aryl methyl sites for hydroxylation is 1. The van der Waals surface area contributed by atoms with Crippen molar-refractivity contribution in [1.29, 1.82) is 0 Å². The number of methoxy groups -OCH3 is 1. The van der Waals surface area contributed by atoms with Gasteiger partial charge in [-0.2, -0.15) is 0 Å². The summed E-state index contributed by atoms with van der Waals surface area (Å²) < 4.78 is 16.9. The Bertz CT molecular complexity index is 886. The summed E-state index contributed by atoms with van der Waals surface area (Å²) in [5.74, 6) is 0.831. The first kappa shape index (κ1) is 26.6. The van der Waals surface area contributed by atoms with E-state index >= 15 is 0 Å². The number of nitrogens with zero attached hydrogens (tertiary/aromatic N) is 2. The lowest BCUT2D eigenvalue weighted by Crippen LogP contribution is -2.48. The van der Waals surface area contributed by atoms with Crippen molar-refractivity contribution in [2.24, 2.45) is 0 Å². The molecule has 2 atom stereocenters. The van der Waals surface area contributed by atoms with Gasteiger partial charge >= 0.3 is 0 Å². The van der Waals surface area contributed by atoms with Crippen molar-refractivity contribution >= 4 is 17.2 Å². The van der Waals surface area contributed by atoms with Gasteiger partial charge in [-0.25, -0.2) is 0 Å². The fourth-order valence-electron chi connectivity index (χ4n) is 4.08. The van der Waals surface area contributed by atoms with Gasteiger partial charge in [0.2, 0.25) is 5.91 Å². The molecule has 1 aromatic carbocycles. The zero-order valence-corrected chi connectivity index (χ0v) is 21.6. The van der Waals surface area contributed by atoms with Crippen molar-refractivity contribution in [2.75, 3.05) is 53.1 Å². The van der Waals surface area contributed by atoms with E-state index in [1.165, 1.54) is 16.0 Å². The number of carbonyl (C=O) groups excluding carboxylic acids is 1. The third-order valence-electron chi connectivity index (χ3n) is 5.91. The summed E-state index contributed by atoms with van der Waals surface area (Å²) in [6.45, 7) is 8.83. The number of hydrogen-bond acceptors (Lipinski definition) is 7. The topological polar surface area (TPSA) is 71.5 Å². The number of fused-ring (bicyclic) bond motifs is 1. The van der Waals surface area contributed by atoms with Crippen molar-refractivity contribution in [3.63, 3.8) is 0 Å². The van der Waals surface area contributed by atoms with Gasteiger partial charge in [0.1, 0.15) is 12.4 Å². The van der Waals surface area contributed by atoms with Crippen molar-refractivity contribution in [2.45, 2.75) is 45.4 Å². The molecule has 0 unspecified atom stereocenters. The third kappa shape index (κ3) is 7.78.